The van der Waals surface area contributed by atoms with Crippen molar-refractivity contribution < 1.29 is 0 Å². The second-order valence-corrected chi connectivity index (χ2v) is 5.31. The lowest BCUT2D eigenvalue weighted by Gasteiger charge is -2.25. The van der Waals surface area contributed by atoms with Gasteiger partial charge in [0, 0.05) is 25.7 Å². The Kier molecular flexibility index (Phi) is 4.54. The van der Waals surface area contributed by atoms with Gasteiger partial charge in [-0.15, -0.1) is 5.10 Å². The third kappa shape index (κ3) is 3.80. The van der Waals surface area contributed by atoms with Gasteiger partial charge >= 0.3 is 0 Å². The molecule has 1 unspecified atom stereocenters. The molecule has 0 aromatic carbocycles. The average molecular weight is 236 g/mol. The van der Waals surface area contributed by atoms with Crippen molar-refractivity contribution in [2.75, 3.05) is 7.05 Å². The highest BCUT2D eigenvalue weighted by molar-refractivity contribution is 4.96. The lowest BCUT2D eigenvalue weighted by atomic mass is 9.84. The van der Waals surface area contributed by atoms with E-state index in [4.69, 9.17) is 0 Å². The number of nitrogens with zero attached hydrogens (tertiary/aromatic N) is 3. The number of aromatic nitrogens is 3. The summed E-state index contributed by atoms with van der Waals surface area (Å²) in [6.45, 7) is 0. The lowest BCUT2D eigenvalue weighted by Crippen LogP contribution is -2.30. The van der Waals surface area contributed by atoms with Crippen molar-refractivity contribution >= 4 is 0 Å². The van der Waals surface area contributed by atoms with Gasteiger partial charge in [0.15, 0.2) is 0 Å². The van der Waals surface area contributed by atoms with Crippen LogP contribution in [-0.4, -0.2) is 28.1 Å². The van der Waals surface area contributed by atoms with E-state index in [0.29, 0.717) is 6.04 Å². The Labute approximate surface area is 104 Å². The molecule has 0 aliphatic heterocycles. The summed E-state index contributed by atoms with van der Waals surface area (Å²) in [6.07, 6.45) is 11.4. The molecule has 2 rings (SSSR count). The molecule has 0 radical (unpaired) electrons. The van der Waals surface area contributed by atoms with Crippen LogP contribution in [0.1, 0.15) is 44.2 Å². The Morgan fingerprint density at radius 3 is 2.76 bits per heavy atom. The summed E-state index contributed by atoms with van der Waals surface area (Å²) < 4.78 is 1.78. The smallest absolute Gasteiger partial charge is 0.0842 e. The van der Waals surface area contributed by atoms with Crippen LogP contribution >= 0.6 is 0 Å². The highest BCUT2D eigenvalue weighted by Gasteiger charge is 2.18. The van der Waals surface area contributed by atoms with Crippen LogP contribution in [0.3, 0.4) is 0 Å². The van der Waals surface area contributed by atoms with Gasteiger partial charge in [-0.2, -0.15) is 0 Å². The molecule has 1 aromatic heterocycles. The van der Waals surface area contributed by atoms with Gasteiger partial charge in [-0.05, 0) is 19.4 Å². The average Bonchev–Trinajstić information content (AvgIpc) is 2.75. The van der Waals surface area contributed by atoms with E-state index in [1.54, 1.807) is 4.68 Å². The lowest BCUT2D eigenvalue weighted by molar-refractivity contribution is 0.302. The van der Waals surface area contributed by atoms with Gasteiger partial charge in [0.1, 0.15) is 0 Å². The van der Waals surface area contributed by atoms with Gasteiger partial charge in [-0.3, -0.25) is 4.68 Å². The molecule has 1 N–H and O–H groups in total. The topological polar surface area (TPSA) is 42.7 Å². The minimum atomic E-state index is 0.551. The fourth-order valence-corrected chi connectivity index (χ4v) is 2.87. The number of likely N-dealkylation sites (N-methyl/N-ethyl adjacent to an activating group) is 1. The first kappa shape index (κ1) is 12.6. The van der Waals surface area contributed by atoms with Crippen molar-refractivity contribution in [2.45, 2.75) is 51.0 Å². The van der Waals surface area contributed by atoms with Gasteiger partial charge in [0.25, 0.3) is 0 Å². The summed E-state index contributed by atoms with van der Waals surface area (Å²) in [7, 11) is 3.98. The van der Waals surface area contributed by atoms with Crippen molar-refractivity contribution in [3.8, 4) is 0 Å². The van der Waals surface area contributed by atoms with E-state index in [0.717, 1.165) is 18.0 Å². The Bertz CT molecular complexity index is 328. The summed E-state index contributed by atoms with van der Waals surface area (Å²) in [5.74, 6) is 0.915. The molecule has 4 heteroatoms. The maximum absolute atomic E-state index is 4.17. The predicted molar refractivity (Wildman–Crippen MR) is 68.7 cm³/mol. The van der Waals surface area contributed by atoms with E-state index < -0.39 is 0 Å². The molecular weight excluding hydrogens is 212 g/mol. The predicted octanol–water partition coefficient (Wildman–Crippen LogP) is 1.92. The van der Waals surface area contributed by atoms with E-state index in [1.165, 1.54) is 38.5 Å². The third-order valence-corrected chi connectivity index (χ3v) is 3.86. The number of rotatable bonds is 5. The molecule has 1 aliphatic rings. The van der Waals surface area contributed by atoms with Gasteiger partial charge < -0.3 is 5.32 Å². The second-order valence-electron chi connectivity index (χ2n) is 5.31. The molecule has 1 atom stereocenters. The van der Waals surface area contributed by atoms with E-state index in [-0.39, 0.29) is 0 Å². The molecule has 0 spiro atoms. The number of hydrogen-bond acceptors (Lipinski definition) is 3. The Morgan fingerprint density at radius 2 is 2.18 bits per heavy atom. The molecule has 4 nitrogen and oxygen atoms in total. The highest BCUT2D eigenvalue weighted by Crippen LogP contribution is 2.27. The molecule has 1 saturated carbocycles. The highest BCUT2D eigenvalue weighted by atomic mass is 15.4. The maximum atomic E-state index is 4.17. The Morgan fingerprint density at radius 1 is 1.41 bits per heavy atom. The summed E-state index contributed by atoms with van der Waals surface area (Å²) in [5, 5.41) is 11.6. The normalized spacial score (nSPS) is 19.4. The first-order chi connectivity index (χ1) is 8.28. The van der Waals surface area contributed by atoms with Crippen molar-refractivity contribution in [3.05, 3.63) is 11.9 Å². The van der Waals surface area contributed by atoms with Crippen molar-refractivity contribution in [3.63, 3.8) is 0 Å². The first-order valence-corrected chi connectivity index (χ1v) is 6.80. The summed E-state index contributed by atoms with van der Waals surface area (Å²) in [6, 6.07) is 0.551. The molecule has 0 saturated heterocycles. The van der Waals surface area contributed by atoms with Crippen LogP contribution in [0.15, 0.2) is 6.20 Å². The first-order valence-electron chi connectivity index (χ1n) is 6.80. The van der Waals surface area contributed by atoms with Crippen LogP contribution in [0.2, 0.25) is 0 Å². The molecule has 1 aliphatic carbocycles. The zero-order valence-corrected chi connectivity index (χ0v) is 11.0. The van der Waals surface area contributed by atoms with Crippen LogP contribution in [-0.2, 0) is 13.5 Å². The van der Waals surface area contributed by atoms with E-state index >= 15 is 0 Å². The van der Waals surface area contributed by atoms with Crippen LogP contribution in [0.25, 0.3) is 0 Å². The van der Waals surface area contributed by atoms with Crippen LogP contribution in [0, 0.1) is 5.92 Å². The van der Waals surface area contributed by atoms with Crippen LogP contribution < -0.4 is 5.32 Å². The molecular formula is C13H24N4. The minimum absolute atomic E-state index is 0.551. The van der Waals surface area contributed by atoms with E-state index in [2.05, 4.69) is 22.7 Å². The van der Waals surface area contributed by atoms with Gasteiger partial charge in [0.05, 0.1) is 5.69 Å². The van der Waals surface area contributed by atoms with Crippen molar-refractivity contribution in [2.24, 2.45) is 13.0 Å². The molecule has 1 heterocycles. The van der Waals surface area contributed by atoms with E-state index in [1.807, 2.05) is 13.2 Å². The molecule has 96 valence electrons. The number of aryl methyl sites for hydroxylation is 1. The third-order valence-electron chi connectivity index (χ3n) is 3.86. The van der Waals surface area contributed by atoms with Crippen LogP contribution in [0.4, 0.5) is 0 Å². The minimum Gasteiger partial charge on any atom is -0.317 e. The quantitative estimate of drug-likeness (QED) is 0.849. The fraction of sp³-hybridized carbons (Fsp3) is 0.846. The zero-order chi connectivity index (χ0) is 12.1. The number of nitrogens with one attached hydrogen (secondary N) is 1. The standard InChI is InChI=1S/C13H24N4/c1-14-12(8-11-6-4-3-5-7-11)9-13-10-17(2)16-15-13/h10-12,14H,3-9H2,1-2H3. The largest absolute Gasteiger partial charge is 0.317 e. The van der Waals surface area contributed by atoms with Gasteiger partial charge in [0.2, 0.25) is 0 Å². The zero-order valence-electron chi connectivity index (χ0n) is 11.0. The summed E-state index contributed by atoms with van der Waals surface area (Å²) in [5.41, 5.74) is 1.10. The monoisotopic (exact) mass is 236 g/mol. The van der Waals surface area contributed by atoms with E-state index in [9.17, 15) is 0 Å². The SMILES string of the molecule is CNC(Cc1cn(C)nn1)CC1CCCCC1. The van der Waals surface area contributed by atoms with Gasteiger partial charge in [-0.1, -0.05) is 37.3 Å². The fourth-order valence-electron chi connectivity index (χ4n) is 2.87. The van der Waals surface area contributed by atoms with Crippen LogP contribution in [0.5, 0.6) is 0 Å². The summed E-state index contributed by atoms with van der Waals surface area (Å²) in [4.78, 5) is 0. The second kappa shape index (κ2) is 6.15. The summed E-state index contributed by atoms with van der Waals surface area (Å²) >= 11 is 0. The van der Waals surface area contributed by atoms with Crippen molar-refractivity contribution in [1.82, 2.24) is 20.3 Å². The number of hydrogen-bond donors (Lipinski definition) is 1. The Hall–Kier alpha value is -0.900. The van der Waals surface area contributed by atoms with Crippen molar-refractivity contribution in [1.29, 1.82) is 0 Å². The Balaban J connectivity index is 1.83. The molecule has 0 bridgehead atoms. The molecule has 17 heavy (non-hydrogen) atoms. The van der Waals surface area contributed by atoms with Gasteiger partial charge in [-0.25, -0.2) is 0 Å². The molecule has 0 amide bonds. The maximum Gasteiger partial charge on any atom is 0.0842 e. The molecule has 1 fully saturated rings. The molecule has 1 aromatic rings.